The molecule has 1 N–H and O–H groups in total. The second-order valence-electron chi connectivity index (χ2n) is 6.09. The zero-order chi connectivity index (χ0) is 18.4. The van der Waals surface area contributed by atoms with Crippen molar-refractivity contribution < 1.29 is 9.47 Å². The maximum atomic E-state index is 6.46. The van der Waals surface area contributed by atoms with Crippen molar-refractivity contribution in [3.05, 3.63) is 88.4 Å². The highest BCUT2D eigenvalue weighted by Gasteiger charge is 2.11. The van der Waals surface area contributed by atoms with Gasteiger partial charge in [0, 0.05) is 23.3 Å². The first kappa shape index (κ1) is 18.2. The largest absolute Gasteiger partial charge is 0.493 e. The minimum absolute atomic E-state index is 0.467. The first-order chi connectivity index (χ1) is 12.7. The third kappa shape index (κ3) is 4.70. The van der Waals surface area contributed by atoms with Crippen LogP contribution in [0.2, 0.25) is 5.02 Å². The fourth-order valence-electron chi connectivity index (χ4n) is 2.59. The van der Waals surface area contributed by atoms with E-state index < -0.39 is 0 Å². The summed E-state index contributed by atoms with van der Waals surface area (Å²) in [5.41, 5.74) is 4.33. The Hall–Kier alpha value is -2.65. The van der Waals surface area contributed by atoms with Gasteiger partial charge >= 0.3 is 0 Å². The van der Waals surface area contributed by atoms with E-state index in [1.165, 1.54) is 5.56 Å². The zero-order valence-electron chi connectivity index (χ0n) is 15.0. The van der Waals surface area contributed by atoms with E-state index in [1.807, 2.05) is 42.5 Å². The van der Waals surface area contributed by atoms with E-state index in [2.05, 4.69) is 36.5 Å². The number of hydrogen-bond donors (Lipinski definition) is 1. The SMILES string of the molecule is COc1cc(CNc2ccc(C)cc2)c(Cl)cc1OCc1ccccc1. The molecule has 0 aromatic heterocycles. The van der Waals surface area contributed by atoms with Crippen molar-refractivity contribution in [1.82, 2.24) is 0 Å². The maximum absolute atomic E-state index is 6.46. The van der Waals surface area contributed by atoms with E-state index in [0.717, 1.165) is 16.8 Å². The zero-order valence-corrected chi connectivity index (χ0v) is 15.7. The molecule has 134 valence electrons. The molecule has 0 unspecified atom stereocenters. The number of benzene rings is 3. The number of nitrogens with one attached hydrogen (secondary N) is 1. The number of halogens is 1. The lowest BCUT2D eigenvalue weighted by Crippen LogP contribution is -2.03. The first-order valence-electron chi connectivity index (χ1n) is 8.49. The fourth-order valence-corrected chi connectivity index (χ4v) is 2.81. The van der Waals surface area contributed by atoms with Gasteiger partial charge in [-0.2, -0.15) is 0 Å². The summed E-state index contributed by atoms with van der Waals surface area (Å²) in [6.07, 6.45) is 0. The Balaban J connectivity index is 1.70. The summed E-state index contributed by atoms with van der Waals surface area (Å²) in [6, 6.07) is 22.0. The van der Waals surface area contributed by atoms with Gasteiger partial charge in [-0.05, 0) is 36.2 Å². The molecule has 0 aliphatic carbocycles. The second-order valence-corrected chi connectivity index (χ2v) is 6.50. The molecule has 0 atom stereocenters. The molecule has 4 heteroatoms. The first-order valence-corrected chi connectivity index (χ1v) is 8.87. The predicted molar refractivity (Wildman–Crippen MR) is 107 cm³/mol. The molecule has 0 bridgehead atoms. The Labute approximate surface area is 159 Å². The van der Waals surface area contributed by atoms with Gasteiger partial charge in [-0.1, -0.05) is 59.6 Å². The normalized spacial score (nSPS) is 10.4. The van der Waals surface area contributed by atoms with Gasteiger partial charge in [0.1, 0.15) is 6.61 Å². The van der Waals surface area contributed by atoms with Crippen LogP contribution in [0, 0.1) is 6.92 Å². The summed E-state index contributed by atoms with van der Waals surface area (Å²) in [7, 11) is 1.63. The molecule has 0 saturated carbocycles. The molecular formula is C22H22ClNO2. The number of hydrogen-bond acceptors (Lipinski definition) is 3. The molecule has 0 saturated heterocycles. The summed E-state index contributed by atoms with van der Waals surface area (Å²) >= 11 is 6.46. The molecule has 3 nitrogen and oxygen atoms in total. The molecule has 0 aliphatic heterocycles. The van der Waals surface area contributed by atoms with E-state index in [0.29, 0.717) is 29.7 Å². The Morgan fingerprint density at radius 1 is 0.923 bits per heavy atom. The van der Waals surface area contributed by atoms with Crippen LogP contribution < -0.4 is 14.8 Å². The summed E-state index contributed by atoms with van der Waals surface area (Å²) < 4.78 is 11.4. The minimum Gasteiger partial charge on any atom is -0.493 e. The number of methoxy groups -OCH3 is 1. The molecule has 0 aliphatic rings. The average molecular weight is 368 g/mol. The van der Waals surface area contributed by atoms with E-state index >= 15 is 0 Å². The molecular weight excluding hydrogens is 346 g/mol. The van der Waals surface area contributed by atoms with Gasteiger partial charge in [-0.3, -0.25) is 0 Å². The molecule has 0 fully saturated rings. The Morgan fingerprint density at radius 2 is 1.65 bits per heavy atom. The van der Waals surface area contributed by atoms with Crippen LogP contribution in [0.3, 0.4) is 0 Å². The van der Waals surface area contributed by atoms with Gasteiger partial charge < -0.3 is 14.8 Å². The molecule has 3 rings (SSSR count). The topological polar surface area (TPSA) is 30.5 Å². The van der Waals surface area contributed by atoms with Gasteiger partial charge in [0.2, 0.25) is 0 Å². The number of anilines is 1. The van der Waals surface area contributed by atoms with Gasteiger partial charge in [0.15, 0.2) is 11.5 Å². The quantitative estimate of drug-likeness (QED) is 0.568. The van der Waals surface area contributed by atoms with Crippen LogP contribution in [0.5, 0.6) is 11.5 Å². The summed E-state index contributed by atoms with van der Waals surface area (Å²) in [4.78, 5) is 0. The molecule has 0 amide bonds. The minimum atomic E-state index is 0.467. The Bertz CT molecular complexity index is 848. The van der Waals surface area contributed by atoms with Crippen molar-refractivity contribution in [3.63, 3.8) is 0 Å². The van der Waals surface area contributed by atoms with Crippen molar-refractivity contribution >= 4 is 17.3 Å². The molecule has 3 aromatic carbocycles. The monoisotopic (exact) mass is 367 g/mol. The summed E-state index contributed by atoms with van der Waals surface area (Å²) in [5, 5.41) is 4.02. The number of aryl methyl sites for hydroxylation is 1. The lowest BCUT2D eigenvalue weighted by molar-refractivity contribution is 0.284. The second kappa shape index (κ2) is 8.63. The Kier molecular flexibility index (Phi) is 6.03. The predicted octanol–water partition coefficient (Wildman–Crippen LogP) is 5.85. The highest BCUT2D eigenvalue weighted by Crippen LogP contribution is 2.34. The van der Waals surface area contributed by atoms with E-state index in [4.69, 9.17) is 21.1 Å². The standard InChI is InChI=1S/C22H22ClNO2/c1-16-8-10-19(11-9-16)24-14-18-12-21(25-2)22(13-20(18)23)26-15-17-6-4-3-5-7-17/h3-13,24H,14-15H2,1-2H3. The molecule has 0 radical (unpaired) electrons. The van der Waals surface area contributed by atoms with Crippen LogP contribution in [-0.4, -0.2) is 7.11 Å². The Morgan fingerprint density at radius 3 is 2.35 bits per heavy atom. The van der Waals surface area contributed by atoms with Crippen molar-refractivity contribution in [1.29, 1.82) is 0 Å². The highest BCUT2D eigenvalue weighted by atomic mass is 35.5. The molecule has 0 heterocycles. The van der Waals surface area contributed by atoms with Crippen molar-refractivity contribution in [2.75, 3.05) is 12.4 Å². The number of rotatable bonds is 7. The van der Waals surface area contributed by atoms with Gasteiger partial charge in [-0.25, -0.2) is 0 Å². The van der Waals surface area contributed by atoms with Crippen molar-refractivity contribution in [2.45, 2.75) is 20.1 Å². The average Bonchev–Trinajstić information content (AvgIpc) is 2.67. The third-order valence-electron chi connectivity index (χ3n) is 4.10. The number of ether oxygens (including phenoxy) is 2. The lowest BCUT2D eigenvalue weighted by Gasteiger charge is -2.15. The van der Waals surface area contributed by atoms with Crippen molar-refractivity contribution in [2.24, 2.45) is 0 Å². The van der Waals surface area contributed by atoms with Crippen LogP contribution in [0.1, 0.15) is 16.7 Å². The fraction of sp³-hybridized carbons (Fsp3) is 0.182. The van der Waals surface area contributed by atoms with Crippen LogP contribution in [0.4, 0.5) is 5.69 Å². The van der Waals surface area contributed by atoms with Crippen LogP contribution >= 0.6 is 11.6 Å². The smallest absolute Gasteiger partial charge is 0.163 e. The molecule has 26 heavy (non-hydrogen) atoms. The van der Waals surface area contributed by atoms with Crippen LogP contribution in [-0.2, 0) is 13.2 Å². The van der Waals surface area contributed by atoms with E-state index in [9.17, 15) is 0 Å². The third-order valence-corrected chi connectivity index (χ3v) is 4.46. The van der Waals surface area contributed by atoms with E-state index in [1.54, 1.807) is 7.11 Å². The molecule has 0 spiro atoms. The maximum Gasteiger partial charge on any atom is 0.163 e. The van der Waals surface area contributed by atoms with Gasteiger partial charge in [0.25, 0.3) is 0 Å². The molecule has 3 aromatic rings. The van der Waals surface area contributed by atoms with Crippen molar-refractivity contribution in [3.8, 4) is 11.5 Å². The highest BCUT2D eigenvalue weighted by molar-refractivity contribution is 6.31. The van der Waals surface area contributed by atoms with Gasteiger partial charge in [-0.15, -0.1) is 0 Å². The summed E-state index contributed by atoms with van der Waals surface area (Å²) in [6.45, 7) is 3.14. The van der Waals surface area contributed by atoms with Gasteiger partial charge in [0.05, 0.1) is 7.11 Å². The summed E-state index contributed by atoms with van der Waals surface area (Å²) in [5.74, 6) is 1.31. The lowest BCUT2D eigenvalue weighted by atomic mass is 10.1. The van der Waals surface area contributed by atoms with Crippen LogP contribution in [0.25, 0.3) is 0 Å². The van der Waals surface area contributed by atoms with Crippen LogP contribution in [0.15, 0.2) is 66.7 Å². The van der Waals surface area contributed by atoms with E-state index in [-0.39, 0.29) is 0 Å².